The molecule has 0 aromatic heterocycles. The lowest BCUT2D eigenvalue weighted by Crippen LogP contribution is -2.35. The van der Waals surface area contributed by atoms with Crippen molar-refractivity contribution < 1.29 is 17.9 Å². The molecular formula is C23H29N3O4S. The molecule has 31 heavy (non-hydrogen) atoms. The van der Waals surface area contributed by atoms with Gasteiger partial charge in [0.25, 0.3) is 5.91 Å². The molecule has 2 aliphatic rings. The van der Waals surface area contributed by atoms with Crippen molar-refractivity contribution in [2.75, 3.05) is 38.5 Å². The molecule has 8 heteroatoms. The number of carbonyl (C=O) groups excluding carboxylic acids is 1. The van der Waals surface area contributed by atoms with Crippen LogP contribution < -0.4 is 10.1 Å². The van der Waals surface area contributed by atoms with Crippen LogP contribution in [0.5, 0.6) is 5.75 Å². The molecule has 2 aromatic rings. The number of carbonyl (C=O) groups is 1. The normalized spacial score (nSPS) is 18.7. The minimum absolute atomic E-state index is 0.223. The molecule has 0 atom stereocenters. The van der Waals surface area contributed by atoms with E-state index in [1.54, 1.807) is 12.1 Å². The van der Waals surface area contributed by atoms with Gasteiger partial charge in [-0.15, -0.1) is 0 Å². The summed E-state index contributed by atoms with van der Waals surface area (Å²) in [4.78, 5) is 15.1. The van der Waals surface area contributed by atoms with Crippen molar-refractivity contribution in [1.82, 2.24) is 9.21 Å². The van der Waals surface area contributed by atoms with E-state index < -0.39 is 10.0 Å². The molecule has 2 saturated heterocycles. The number of piperidine rings is 1. The average molecular weight is 444 g/mol. The number of amides is 1. The number of anilines is 1. The predicted octanol–water partition coefficient (Wildman–Crippen LogP) is 3.20. The lowest BCUT2D eigenvalue weighted by Gasteiger charge is -2.29. The lowest BCUT2D eigenvalue weighted by atomic mass is 10.1. The van der Waals surface area contributed by atoms with Crippen LogP contribution in [0.2, 0.25) is 0 Å². The number of nitrogens with zero attached hydrogens (tertiary/aromatic N) is 2. The molecule has 2 aliphatic heterocycles. The van der Waals surface area contributed by atoms with Gasteiger partial charge in [0.2, 0.25) is 10.0 Å². The maximum Gasteiger partial charge on any atom is 0.255 e. The third kappa shape index (κ3) is 5.26. The summed E-state index contributed by atoms with van der Waals surface area (Å²) in [6.07, 6.45) is 4.03. The minimum atomic E-state index is -3.48. The molecule has 166 valence electrons. The standard InChI is InChI=1S/C23H29N3O4S/c1-25-16-12-21(13-17-25)30-20-8-6-19(7-9-20)24-23(27)18-4-10-22(11-5-18)31(28,29)26-14-2-3-15-26/h4-11,21H,2-3,12-17H2,1H3,(H,24,27). The second kappa shape index (κ2) is 9.38. The summed E-state index contributed by atoms with van der Waals surface area (Å²) in [6, 6.07) is 13.5. The molecule has 2 fully saturated rings. The van der Waals surface area contributed by atoms with Crippen LogP contribution >= 0.6 is 0 Å². The van der Waals surface area contributed by atoms with Crippen molar-refractivity contribution in [2.45, 2.75) is 36.7 Å². The Morgan fingerprint density at radius 1 is 0.935 bits per heavy atom. The van der Waals surface area contributed by atoms with Gasteiger partial charge in [-0.2, -0.15) is 4.31 Å². The van der Waals surface area contributed by atoms with E-state index in [0.29, 0.717) is 24.3 Å². The molecule has 2 aromatic carbocycles. The predicted molar refractivity (Wildman–Crippen MR) is 120 cm³/mol. The van der Waals surface area contributed by atoms with Crippen LogP contribution in [0.15, 0.2) is 53.4 Å². The van der Waals surface area contributed by atoms with E-state index in [4.69, 9.17) is 4.74 Å². The maximum atomic E-state index is 12.6. The highest BCUT2D eigenvalue weighted by atomic mass is 32.2. The van der Waals surface area contributed by atoms with Crippen molar-refractivity contribution in [3.8, 4) is 5.75 Å². The van der Waals surface area contributed by atoms with Gasteiger partial charge in [0.1, 0.15) is 11.9 Å². The fourth-order valence-electron chi connectivity index (χ4n) is 3.97. The summed E-state index contributed by atoms with van der Waals surface area (Å²) in [5, 5.41) is 2.85. The Balaban J connectivity index is 1.34. The van der Waals surface area contributed by atoms with Crippen molar-refractivity contribution >= 4 is 21.6 Å². The first-order valence-corrected chi connectivity index (χ1v) is 12.2. The number of sulfonamides is 1. The van der Waals surface area contributed by atoms with E-state index in [9.17, 15) is 13.2 Å². The largest absolute Gasteiger partial charge is 0.490 e. The van der Waals surface area contributed by atoms with Gasteiger partial charge >= 0.3 is 0 Å². The van der Waals surface area contributed by atoms with Crippen LogP contribution in [0.4, 0.5) is 5.69 Å². The molecule has 2 heterocycles. The van der Waals surface area contributed by atoms with Crippen LogP contribution in [-0.2, 0) is 10.0 Å². The number of rotatable bonds is 6. The number of hydrogen-bond acceptors (Lipinski definition) is 5. The number of likely N-dealkylation sites (tertiary alicyclic amines) is 1. The van der Waals surface area contributed by atoms with Crippen molar-refractivity contribution in [1.29, 1.82) is 0 Å². The second-order valence-corrected chi connectivity index (χ2v) is 10.2. The van der Waals surface area contributed by atoms with E-state index in [2.05, 4.69) is 17.3 Å². The van der Waals surface area contributed by atoms with Gasteiger partial charge in [-0.1, -0.05) is 0 Å². The zero-order chi connectivity index (χ0) is 21.8. The number of benzene rings is 2. The molecule has 0 spiro atoms. The van der Waals surface area contributed by atoms with Gasteiger partial charge in [-0.05, 0) is 81.3 Å². The monoisotopic (exact) mass is 443 g/mol. The molecule has 0 aliphatic carbocycles. The molecule has 4 rings (SSSR count). The summed E-state index contributed by atoms with van der Waals surface area (Å²) >= 11 is 0. The highest BCUT2D eigenvalue weighted by Gasteiger charge is 2.27. The number of nitrogens with one attached hydrogen (secondary N) is 1. The van der Waals surface area contributed by atoms with Crippen molar-refractivity contribution in [3.63, 3.8) is 0 Å². The first kappa shape index (κ1) is 21.8. The van der Waals surface area contributed by atoms with E-state index in [1.807, 2.05) is 24.3 Å². The summed E-state index contributed by atoms with van der Waals surface area (Å²) in [6.45, 7) is 3.19. The molecule has 1 amide bonds. The summed E-state index contributed by atoms with van der Waals surface area (Å²) in [7, 11) is -1.36. The van der Waals surface area contributed by atoms with Crippen LogP contribution in [0.3, 0.4) is 0 Å². The van der Waals surface area contributed by atoms with E-state index in [1.165, 1.54) is 16.4 Å². The molecular weight excluding hydrogens is 414 g/mol. The Morgan fingerprint density at radius 3 is 2.16 bits per heavy atom. The molecule has 0 unspecified atom stereocenters. The van der Waals surface area contributed by atoms with E-state index in [-0.39, 0.29) is 16.9 Å². The van der Waals surface area contributed by atoms with Gasteiger partial charge in [-0.25, -0.2) is 8.42 Å². The fraction of sp³-hybridized carbons (Fsp3) is 0.435. The van der Waals surface area contributed by atoms with Crippen LogP contribution in [0.25, 0.3) is 0 Å². The minimum Gasteiger partial charge on any atom is -0.490 e. The van der Waals surface area contributed by atoms with Gasteiger partial charge in [0.15, 0.2) is 0 Å². The summed E-state index contributed by atoms with van der Waals surface area (Å²) in [5.41, 5.74) is 1.07. The summed E-state index contributed by atoms with van der Waals surface area (Å²) in [5.74, 6) is 0.512. The SMILES string of the molecule is CN1CCC(Oc2ccc(NC(=O)c3ccc(S(=O)(=O)N4CCCC4)cc3)cc2)CC1. The first-order valence-electron chi connectivity index (χ1n) is 10.8. The van der Waals surface area contributed by atoms with Crippen molar-refractivity contribution in [3.05, 3.63) is 54.1 Å². The Bertz CT molecular complexity index is 992. The Kier molecular flexibility index (Phi) is 6.60. The van der Waals surface area contributed by atoms with Gasteiger partial charge in [0, 0.05) is 37.4 Å². The Hall–Kier alpha value is -2.42. The highest BCUT2D eigenvalue weighted by molar-refractivity contribution is 7.89. The number of hydrogen-bond donors (Lipinski definition) is 1. The number of ether oxygens (including phenoxy) is 1. The van der Waals surface area contributed by atoms with Crippen LogP contribution in [0.1, 0.15) is 36.0 Å². The average Bonchev–Trinajstić information content (AvgIpc) is 3.33. The third-order valence-corrected chi connectivity index (χ3v) is 7.81. The molecule has 1 N–H and O–H groups in total. The molecule has 0 radical (unpaired) electrons. The highest BCUT2D eigenvalue weighted by Crippen LogP contribution is 2.23. The molecule has 7 nitrogen and oxygen atoms in total. The second-order valence-electron chi connectivity index (χ2n) is 8.23. The fourth-order valence-corrected chi connectivity index (χ4v) is 5.49. The lowest BCUT2D eigenvalue weighted by molar-refractivity contribution is 0.102. The van der Waals surface area contributed by atoms with E-state index >= 15 is 0 Å². The smallest absolute Gasteiger partial charge is 0.255 e. The molecule has 0 saturated carbocycles. The van der Waals surface area contributed by atoms with Gasteiger partial charge in [-0.3, -0.25) is 4.79 Å². The zero-order valence-electron chi connectivity index (χ0n) is 17.8. The van der Waals surface area contributed by atoms with Gasteiger partial charge in [0.05, 0.1) is 4.90 Å². The first-order chi connectivity index (χ1) is 14.9. The maximum absolute atomic E-state index is 12.6. The Morgan fingerprint density at radius 2 is 1.55 bits per heavy atom. The quantitative estimate of drug-likeness (QED) is 0.742. The van der Waals surface area contributed by atoms with E-state index in [0.717, 1.165) is 44.5 Å². The van der Waals surface area contributed by atoms with Crippen LogP contribution in [0, 0.1) is 0 Å². The Labute approximate surface area is 184 Å². The van der Waals surface area contributed by atoms with Crippen molar-refractivity contribution in [2.24, 2.45) is 0 Å². The summed E-state index contributed by atoms with van der Waals surface area (Å²) < 4.78 is 32.7. The zero-order valence-corrected chi connectivity index (χ0v) is 18.6. The molecule has 0 bridgehead atoms. The van der Waals surface area contributed by atoms with Crippen LogP contribution in [-0.4, -0.2) is 62.9 Å². The topological polar surface area (TPSA) is 79.0 Å². The third-order valence-electron chi connectivity index (χ3n) is 5.90. The van der Waals surface area contributed by atoms with Gasteiger partial charge < -0.3 is 15.0 Å².